The number of halogens is 1. The highest BCUT2D eigenvalue weighted by Crippen LogP contribution is 2.17. The van der Waals surface area contributed by atoms with Crippen molar-refractivity contribution in [3.63, 3.8) is 0 Å². The molecule has 0 aromatic heterocycles. The van der Waals surface area contributed by atoms with Crippen LogP contribution < -0.4 is 10.2 Å². The molecule has 2 fully saturated rings. The number of carbonyl (C=O) groups is 1. The van der Waals surface area contributed by atoms with Crippen molar-refractivity contribution in [3.8, 4) is 0 Å². The van der Waals surface area contributed by atoms with Crippen LogP contribution in [0.15, 0.2) is 54.6 Å². The summed E-state index contributed by atoms with van der Waals surface area (Å²) in [7, 11) is 0. The number of para-hydroxylation sites is 1. The summed E-state index contributed by atoms with van der Waals surface area (Å²) in [5.74, 6) is -0.185. The van der Waals surface area contributed by atoms with Crippen molar-refractivity contribution >= 4 is 17.4 Å². The molecule has 0 aliphatic carbocycles. The third-order valence-corrected chi connectivity index (χ3v) is 5.98. The predicted octanol–water partition coefficient (Wildman–Crippen LogP) is 2.80. The maximum absolute atomic E-state index is 13.1. The molecule has 2 aromatic carbocycles. The van der Waals surface area contributed by atoms with Crippen LogP contribution in [0.2, 0.25) is 0 Å². The summed E-state index contributed by atoms with van der Waals surface area (Å²) in [5.41, 5.74) is 1.94. The highest BCUT2D eigenvalue weighted by atomic mass is 19.1. The average molecular weight is 412 g/mol. The summed E-state index contributed by atoms with van der Waals surface area (Å²) in [4.78, 5) is 21.6. The smallest absolute Gasteiger partial charge is 0.321 e. The van der Waals surface area contributed by atoms with E-state index in [1.165, 1.54) is 12.1 Å². The second-order valence-corrected chi connectivity index (χ2v) is 7.93. The van der Waals surface area contributed by atoms with E-state index in [0.717, 1.165) is 76.8 Å². The predicted molar refractivity (Wildman–Crippen MR) is 119 cm³/mol. The van der Waals surface area contributed by atoms with E-state index < -0.39 is 0 Å². The van der Waals surface area contributed by atoms with E-state index in [0.29, 0.717) is 0 Å². The van der Waals surface area contributed by atoms with Crippen LogP contribution in [-0.4, -0.2) is 86.2 Å². The molecule has 0 saturated carbocycles. The zero-order valence-electron chi connectivity index (χ0n) is 17.3. The Balaban J connectivity index is 1.14. The molecule has 1 N–H and O–H groups in total. The number of carbonyl (C=O) groups excluding carboxylic acids is 1. The van der Waals surface area contributed by atoms with Crippen LogP contribution in [0.4, 0.5) is 20.6 Å². The van der Waals surface area contributed by atoms with Gasteiger partial charge in [0.15, 0.2) is 0 Å². The standard InChI is InChI=1S/C23H30FN5O/c24-20-6-8-22(9-7-20)28-16-12-26(13-17-28)10-11-27-14-18-29(19-15-27)23(30)25-21-4-2-1-3-5-21/h1-9H,10-19H2,(H,25,30). The first kappa shape index (κ1) is 20.6. The number of hydrogen-bond acceptors (Lipinski definition) is 4. The number of anilines is 2. The third kappa shape index (κ3) is 5.49. The second-order valence-electron chi connectivity index (χ2n) is 7.93. The maximum atomic E-state index is 13.1. The Hall–Kier alpha value is -2.64. The Morgan fingerprint density at radius 1 is 0.767 bits per heavy atom. The minimum atomic E-state index is -0.185. The van der Waals surface area contributed by atoms with Crippen LogP contribution in [0.1, 0.15) is 0 Å². The van der Waals surface area contributed by atoms with Crippen LogP contribution in [-0.2, 0) is 0 Å². The SMILES string of the molecule is O=C(Nc1ccccc1)N1CCN(CCN2CCN(c3ccc(F)cc3)CC2)CC1. The van der Waals surface area contributed by atoms with Crippen LogP contribution in [0.3, 0.4) is 0 Å². The van der Waals surface area contributed by atoms with Gasteiger partial charge in [-0.05, 0) is 36.4 Å². The average Bonchev–Trinajstić information content (AvgIpc) is 2.80. The molecule has 160 valence electrons. The van der Waals surface area contributed by atoms with Gasteiger partial charge in [0.05, 0.1) is 0 Å². The van der Waals surface area contributed by atoms with Crippen molar-refractivity contribution in [1.29, 1.82) is 0 Å². The van der Waals surface area contributed by atoms with Gasteiger partial charge in [-0.1, -0.05) is 18.2 Å². The highest BCUT2D eigenvalue weighted by Gasteiger charge is 2.22. The number of rotatable bonds is 5. The molecule has 2 heterocycles. The molecule has 2 saturated heterocycles. The summed E-state index contributed by atoms with van der Waals surface area (Å²) >= 11 is 0. The molecule has 0 bridgehead atoms. The van der Waals surface area contributed by atoms with Gasteiger partial charge in [0.2, 0.25) is 0 Å². The molecule has 0 spiro atoms. The molecular weight excluding hydrogens is 381 g/mol. The van der Waals surface area contributed by atoms with E-state index in [2.05, 4.69) is 20.0 Å². The van der Waals surface area contributed by atoms with Gasteiger partial charge in [0, 0.05) is 76.8 Å². The number of nitrogens with one attached hydrogen (secondary N) is 1. The number of piperazine rings is 2. The normalized spacial score (nSPS) is 18.4. The quantitative estimate of drug-likeness (QED) is 0.822. The first-order chi connectivity index (χ1) is 14.7. The van der Waals surface area contributed by atoms with Gasteiger partial charge in [-0.3, -0.25) is 9.80 Å². The van der Waals surface area contributed by atoms with Crippen molar-refractivity contribution in [2.45, 2.75) is 0 Å². The fourth-order valence-corrected chi connectivity index (χ4v) is 4.06. The number of nitrogens with zero attached hydrogens (tertiary/aromatic N) is 4. The molecule has 0 unspecified atom stereocenters. The zero-order valence-corrected chi connectivity index (χ0v) is 17.3. The van der Waals surface area contributed by atoms with Crippen molar-refractivity contribution in [2.24, 2.45) is 0 Å². The summed E-state index contributed by atoms with van der Waals surface area (Å²) in [6.45, 7) is 9.42. The van der Waals surface area contributed by atoms with Gasteiger partial charge in [-0.25, -0.2) is 9.18 Å². The number of hydrogen-bond donors (Lipinski definition) is 1. The Labute approximate surface area is 177 Å². The second kappa shape index (κ2) is 9.91. The largest absolute Gasteiger partial charge is 0.369 e. The van der Waals surface area contributed by atoms with Gasteiger partial charge >= 0.3 is 6.03 Å². The first-order valence-electron chi connectivity index (χ1n) is 10.7. The number of urea groups is 1. The van der Waals surface area contributed by atoms with Gasteiger partial charge < -0.3 is 15.1 Å². The van der Waals surface area contributed by atoms with E-state index in [9.17, 15) is 9.18 Å². The molecule has 2 amide bonds. The molecule has 7 heteroatoms. The fourth-order valence-electron chi connectivity index (χ4n) is 4.06. The Morgan fingerprint density at radius 3 is 1.93 bits per heavy atom. The van der Waals surface area contributed by atoms with Crippen LogP contribution in [0.25, 0.3) is 0 Å². The molecule has 0 radical (unpaired) electrons. The maximum Gasteiger partial charge on any atom is 0.321 e. The van der Waals surface area contributed by atoms with Crippen LogP contribution in [0, 0.1) is 5.82 Å². The monoisotopic (exact) mass is 411 g/mol. The number of benzene rings is 2. The van der Waals surface area contributed by atoms with Gasteiger partial charge in [-0.15, -0.1) is 0 Å². The van der Waals surface area contributed by atoms with Crippen molar-refractivity contribution in [2.75, 3.05) is 75.7 Å². The molecule has 2 aliphatic heterocycles. The van der Waals surface area contributed by atoms with Crippen LogP contribution >= 0.6 is 0 Å². The molecule has 6 nitrogen and oxygen atoms in total. The highest BCUT2D eigenvalue weighted by molar-refractivity contribution is 5.89. The lowest BCUT2D eigenvalue weighted by Crippen LogP contribution is -2.53. The lowest BCUT2D eigenvalue weighted by molar-refractivity contribution is 0.131. The van der Waals surface area contributed by atoms with E-state index in [4.69, 9.17) is 0 Å². The topological polar surface area (TPSA) is 42.1 Å². The Bertz CT molecular complexity index is 800. The van der Waals surface area contributed by atoms with Crippen molar-refractivity contribution in [1.82, 2.24) is 14.7 Å². The summed E-state index contributed by atoms with van der Waals surface area (Å²) in [5, 5.41) is 2.97. The number of amides is 2. The van der Waals surface area contributed by atoms with E-state index >= 15 is 0 Å². The molecule has 2 aliphatic rings. The first-order valence-corrected chi connectivity index (χ1v) is 10.7. The van der Waals surface area contributed by atoms with Gasteiger partial charge in [0.25, 0.3) is 0 Å². The Morgan fingerprint density at radius 2 is 1.33 bits per heavy atom. The van der Waals surface area contributed by atoms with Gasteiger partial charge in [-0.2, -0.15) is 0 Å². The molecule has 2 aromatic rings. The molecule has 0 atom stereocenters. The van der Waals surface area contributed by atoms with E-state index in [-0.39, 0.29) is 11.8 Å². The zero-order chi connectivity index (χ0) is 20.8. The summed E-state index contributed by atoms with van der Waals surface area (Å²) in [6.07, 6.45) is 0. The molecular formula is C23H30FN5O. The lowest BCUT2D eigenvalue weighted by Gasteiger charge is -2.38. The Kier molecular flexibility index (Phi) is 6.81. The van der Waals surface area contributed by atoms with Crippen molar-refractivity contribution in [3.05, 3.63) is 60.4 Å². The van der Waals surface area contributed by atoms with Crippen LogP contribution in [0.5, 0.6) is 0 Å². The van der Waals surface area contributed by atoms with Crippen molar-refractivity contribution < 1.29 is 9.18 Å². The summed E-state index contributed by atoms with van der Waals surface area (Å²) in [6, 6.07) is 16.4. The van der Waals surface area contributed by atoms with E-state index in [1.54, 1.807) is 0 Å². The molecule has 4 rings (SSSR count). The lowest BCUT2D eigenvalue weighted by atomic mass is 10.2. The minimum Gasteiger partial charge on any atom is -0.369 e. The molecule has 30 heavy (non-hydrogen) atoms. The summed E-state index contributed by atoms with van der Waals surface area (Å²) < 4.78 is 13.1. The fraction of sp³-hybridized carbons (Fsp3) is 0.435. The van der Waals surface area contributed by atoms with E-state index in [1.807, 2.05) is 47.4 Å². The minimum absolute atomic E-state index is 0.0160. The van der Waals surface area contributed by atoms with Gasteiger partial charge in [0.1, 0.15) is 5.82 Å². The third-order valence-electron chi connectivity index (χ3n) is 5.98.